The minimum absolute atomic E-state index is 0.420. The van der Waals surface area contributed by atoms with Gasteiger partial charge in [-0.25, -0.2) is 4.79 Å². The summed E-state index contributed by atoms with van der Waals surface area (Å²) in [5, 5.41) is 11.3. The summed E-state index contributed by atoms with van der Waals surface area (Å²) in [6, 6.07) is 13.5. The van der Waals surface area contributed by atoms with E-state index in [9.17, 15) is 4.79 Å². The second-order valence-electron chi connectivity index (χ2n) is 3.71. The number of carbonyl (C=O) groups excluding carboxylic acids is 1. The zero-order valence-electron chi connectivity index (χ0n) is 9.79. The number of esters is 1. The molecule has 5 heteroatoms. The minimum Gasteiger partial charge on any atom is -0.423 e. The molecule has 0 radical (unpaired) electrons. The van der Waals surface area contributed by atoms with E-state index in [1.807, 2.05) is 0 Å². The smallest absolute Gasteiger partial charge is 0.343 e. The number of benzene rings is 2. The van der Waals surface area contributed by atoms with Crippen LogP contribution in [0.2, 0.25) is 0 Å². The summed E-state index contributed by atoms with van der Waals surface area (Å²) >= 11 is 3.30. The molecule has 0 atom stereocenters. The molecule has 0 heterocycles. The molecule has 0 fully saturated rings. The Kier molecular flexibility index (Phi) is 4.30. The van der Waals surface area contributed by atoms with Gasteiger partial charge in [0.05, 0.1) is 11.8 Å². The molecule has 0 saturated carbocycles. The zero-order chi connectivity index (χ0) is 13.7. The second-order valence-corrected chi connectivity index (χ2v) is 4.63. The Labute approximate surface area is 118 Å². The third-order valence-electron chi connectivity index (χ3n) is 2.38. The van der Waals surface area contributed by atoms with Crippen molar-refractivity contribution in [2.75, 3.05) is 0 Å². The van der Waals surface area contributed by atoms with Crippen LogP contribution in [0.5, 0.6) is 5.75 Å². The van der Waals surface area contributed by atoms with Gasteiger partial charge >= 0.3 is 5.97 Å². The lowest BCUT2D eigenvalue weighted by Gasteiger charge is -2.04. The summed E-state index contributed by atoms with van der Waals surface area (Å²) in [4.78, 5) is 11.8. The van der Waals surface area contributed by atoms with Crippen LogP contribution in [0.4, 0.5) is 0 Å². The van der Waals surface area contributed by atoms with Gasteiger partial charge in [-0.1, -0.05) is 21.1 Å². The van der Waals surface area contributed by atoms with E-state index in [1.165, 1.54) is 6.21 Å². The van der Waals surface area contributed by atoms with Gasteiger partial charge in [-0.05, 0) is 54.1 Å². The molecule has 0 aliphatic rings. The Balaban J connectivity index is 2.08. The highest BCUT2D eigenvalue weighted by atomic mass is 79.9. The molecule has 0 aromatic heterocycles. The van der Waals surface area contributed by atoms with Crippen LogP contribution >= 0.6 is 15.9 Å². The molecule has 96 valence electrons. The maximum absolute atomic E-state index is 11.8. The van der Waals surface area contributed by atoms with Crippen LogP contribution in [-0.2, 0) is 0 Å². The standard InChI is InChI=1S/C14H10BrNO3/c15-12-5-3-11(4-6-12)14(17)19-13-7-1-10(2-8-13)9-16-18/h1-9,18H/b16-9+. The number of hydrogen-bond donors (Lipinski definition) is 1. The fourth-order valence-electron chi connectivity index (χ4n) is 1.44. The minimum atomic E-state index is -0.420. The normalized spacial score (nSPS) is 10.6. The quantitative estimate of drug-likeness (QED) is 0.310. The van der Waals surface area contributed by atoms with Crippen molar-refractivity contribution in [2.45, 2.75) is 0 Å². The average Bonchev–Trinajstić information content (AvgIpc) is 2.42. The Morgan fingerprint density at radius 2 is 1.74 bits per heavy atom. The summed E-state index contributed by atoms with van der Waals surface area (Å²) in [5.74, 6) is 0.0130. The first-order chi connectivity index (χ1) is 9.19. The predicted molar refractivity (Wildman–Crippen MR) is 74.9 cm³/mol. The number of hydrogen-bond acceptors (Lipinski definition) is 4. The predicted octanol–water partition coefficient (Wildman–Crippen LogP) is 3.48. The summed E-state index contributed by atoms with van der Waals surface area (Å²) < 4.78 is 6.11. The van der Waals surface area contributed by atoms with Gasteiger partial charge in [0.15, 0.2) is 0 Å². The van der Waals surface area contributed by atoms with E-state index in [0.717, 1.165) is 4.47 Å². The molecule has 1 N–H and O–H groups in total. The van der Waals surface area contributed by atoms with Gasteiger partial charge in [-0.15, -0.1) is 0 Å². The average molecular weight is 320 g/mol. The fraction of sp³-hybridized carbons (Fsp3) is 0. The number of ether oxygens (including phenoxy) is 1. The van der Waals surface area contributed by atoms with Crippen molar-refractivity contribution in [3.05, 3.63) is 64.1 Å². The van der Waals surface area contributed by atoms with Crippen molar-refractivity contribution in [2.24, 2.45) is 5.16 Å². The van der Waals surface area contributed by atoms with Gasteiger partial charge in [0.2, 0.25) is 0 Å². The molecule has 0 amide bonds. The number of oxime groups is 1. The highest BCUT2D eigenvalue weighted by molar-refractivity contribution is 9.10. The number of rotatable bonds is 3. The van der Waals surface area contributed by atoms with E-state index in [2.05, 4.69) is 21.1 Å². The first-order valence-electron chi connectivity index (χ1n) is 5.44. The lowest BCUT2D eigenvalue weighted by Crippen LogP contribution is -2.08. The Bertz CT molecular complexity index is 591. The topological polar surface area (TPSA) is 58.9 Å². The molecule has 0 aliphatic heterocycles. The highest BCUT2D eigenvalue weighted by Gasteiger charge is 2.07. The largest absolute Gasteiger partial charge is 0.423 e. The van der Waals surface area contributed by atoms with Crippen molar-refractivity contribution in [3.63, 3.8) is 0 Å². The van der Waals surface area contributed by atoms with Crippen LogP contribution in [0.25, 0.3) is 0 Å². The molecule has 0 spiro atoms. The molecular formula is C14H10BrNO3. The lowest BCUT2D eigenvalue weighted by molar-refractivity contribution is 0.0734. The van der Waals surface area contributed by atoms with Crippen LogP contribution < -0.4 is 4.74 Å². The lowest BCUT2D eigenvalue weighted by atomic mass is 10.2. The van der Waals surface area contributed by atoms with Crippen LogP contribution in [0.3, 0.4) is 0 Å². The van der Waals surface area contributed by atoms with Crippen LogP contribution in [0.15, 0.2) is 58.2 Å². The Morgan fingerprint density at radius 1 is 1.11 bits per heavy atom. The molecule has 0 unspecified atom stereocenters. The van der Waals surface area contributed by atoms with Gasteiger partial charge in [-0.3, -0.25) is 0 Å². The molecule has 0 aliphatic carbocycles. The van der Waals surface area contributed by atoms with Gasteiger partial charge in [0.1, 0.15) is 5.75 Å². The van der Waals surface area contributed by atoms with E-state index < -0.39 is 5.97 Å². The number of carbonyl (C=O) groups is 1. The fourth-order valence-corrected chi connectivity index (χ4v) is 1.70. The van der Waals surface area contributed by atoms with Crippen LogP contribution in [0.1, 0.15) is 15.9 Å². The van der Waals surface area contributed by atoms with Gasteiger partial charge < -0.3 is 9.94 Å². The molecule has 19 heavy (non-hydrogen) atoms. The second kappa shape index (κ2) is 6.15. The SMILES string of the molecule is O=C(Oc1ccc(/C=N/O)cc1)c1ccc(Br)cc1. The molecule has 2 rings (SSSR count). The Morgan fingerprint density at radius 3 is 2.32 bits per heavy atom. The molecule has 2 aromatic rings. The summed E-state index contributed by atoms with van der Waals surface area (Å²) in [5.41, 5.74) is 1.19. The summed E-state index contributed by atoms with van der Waals surface area (Å²) in [6.45, 7) is 0. The zero-order valence-corrected chi connectivity index (χ0v) is 11.4. The number of nitrogens with zero attached hydrogens (tertiary/aromatic N) is 1. The Hall–Kier alpha value is -2.14. The van der Waals surface area contributed by atoms with Crippen molar-refractivity contribution in [1.82, 2.24) is 0 Å². The van der Waals surface area contributed by atoms with Crippen LogP contribution in [0, 0.1) is 0 Å². The summed E-state index contributed by atoms with van der Waals surface area (Å²) in [6.07, 6.45) is 1.29. The highest BCUT2D eigenvalue weighted by Crippen LogP contribution is 2.15. The molecule has 0 saturated heterocycles. The van der Waals surface area contributed by atoms with Gasteiger partial charge in [0.25, 0.3) is 0 Å². The van der Waals surface area contributed by atoms with E-state index in [4.69, 9.17) is 9.94 Å². The van der Waals surface area contributed by atoms with Crippen molar-refractivity contribution in [1.29, 1.82) is 0 Å². The van der Waals surface area contributed by atoms with Gasteiger partial charge in [-0.2, -0.15) is 0 Å². The van der Waals surface area contributed by atoms with E-state index in [-0.39, 0.29) is 0 Å². The summed E-state index contributed by atoms with van der Waals surface area (Å²) in [7, 11) is 0. The van der Waals surface area contributed by atoms with E-state index in [0.29, 0.717) is 16.9 Å². The van der Waals surface area contributed by atoms with Crippen molar-refractivity contribution >= 4 is 28.1 Å². The van der Waals surface area contributed by atoms with Crippen LogP contribution in [-0.4, -0.2) is 17.4 Å². The van der Waals surface area contributed by atoms with Gasteiger partial charge in [0, 0.05) is 4.47 Å². The molecule has 4 nitrogen and oxygen atoms in total. The van der Waals surface area contributed by atoms with E-state index in [1.54, 1.807) is 48.5 Å². The molecular weight excluding hydrogens is 310 g/mol. The first kappa shape index (κ1) is 13.3. The maximum atomic E-state index is 11.8. The van der Waals surface area contributed by atoms with E-state index >= 15 is 0 Å². The maximum Gasteiger partial charge on any atom is 0.343 e. The molecule has 0 bridgehead atoms. The third kappa shape index (κ3) is 3.66. The third-order valence-corrected chi connectivity index (χ3v) is 2.91. The monoisotopic (exact) mass is 319 g/mol. The molecule has 2 aromatic carbocycles. The van der Waals surface area contributed by atoms with Crippen molar-refractivity contribution in [3.8, 4) is 5.75 Å². The first-order valence-corrected chi connectivity index (χ1v) is 6.23. The number of halogens is 1. The van der Waals surface area contributed by atoms with Crippen molar-refractivity contribution < 1.29 is 14.7 Å².